The molecule has 64 heavy (non-hydrogen) atoms. The van der Waals surface area contributed by atoms with Gasteiger partial charge in [0.2, 0.25) is 0 Å². The van der Waals surface area contributed by atoms with E-state index in [-0.39, 0.29) is 32.2 Å². The van der Waals surface area contributed by atoms with Crippen molar-refractivity contribution >= 4 is 17.9 Å². The van der Waals surface area contributed by atoms with Crippen molar-refractivity contribution in [2.45, 2.75) is 277 Å². The van der Waals surface area contributed by atoms with E-state index in [2.05, 4.69) is 26.0 Å². The molecule has 0 spiro atoms. The topological polar surface area (TPSA) is 108 Å². The lowest BCUT2D eigenvalue weighted by molar-refractivity contribution is -0.870. The van der Waals surface area contributed by atoms with Gasteiger partial charge in [0.25, 0.3) is 6.29 Å². The molecule has 0 aromatic rings. The van der Waals surface area contributed by atoms with E-state index in [1.165, 1.54) is 173 Å². The maximum absolute atomic E-state index is 12.7. The van der Waals surface area contributed by atoms with Crippen molar-refractivity contribution in [1.29, 1.82) is 0 Å². The molecular formula is C55H106NO8+. The number of hydrogen-bond acceptors (Lipinski definition) is 7. The lowest BCUT2D eigenvalue weighted by Crippen LogP contribution is -2.40. The first-order valence-electron chi connectivity index (χ1n) is 27.4. The molecule has 0 fully saturated rings. The first-order valence-corrected chi connectivity index (χ1v) is 27.4. The highest BCUT2D eigenvalue weighted by molar-refractivity contribution is 5.71. The Kier molecular flexibility index (Phi) is 46.1. The number of nitrogens with zero attached hydrogens (tertiary/aromatic N) is 1. The van der Waals surface area contributed by atoms with Gasteiger partial charge in [0.1, 0.15) is 13.2 Å². The van der Waals surface area contributed by atoms with Gasteiger partial charge in [-0.25, -0.2) is 4.79 Å². The number of carboxylic acids is 1. The lowest BCUT2D eigenvalue weighted by atomic mass is 10.0. The number of unbranched alkanes of at least 4 members (excludes halogenated alkanes) is 34. The molecule has 0 amide bonds. The van der Waals surface area contributed by atoms with E-state index >= 15 is 0 Å². The number of carboxylic acid groups (broad SMARTS) is 1. The van der Waals surface area contributed by atoms with Gasteiger partial charge in [0.05, 0.1) is 34.4 Å². The molecule has 2 atom stereocenters. The zero-order valence-electron chi connectivity index (χ0n) is 43.0. The highest BCUT2D eigenvalue weighted by atomic mass is 16.7. The van der Waals surface area contributed by atoms with Crippen LogP contribution >= 0.6 is 0 Å². The highest BCUT2D eigenvalue weighted by Crippen LogP contribution is 2.17. The van der Waals surface area contributed by atoms with Crippen LogP contribution in [0.15, 0.2) is 12.2 Å². The number of rotatable bonds is 51. The summed E-state index contributed by atoms with van der Waals surface area (Å²) in [6.07, 6.45) is 50.3. The first-order chi connectivity index (χ1) is 31.1. The molecule has 0 aliphatic rings. The summed E-state index contributed by atoms with van der Waals surface area (Å²) in [5.41, 5.74) is 0. The third kappa shape index (κ3) is 48.0. The minimum Gasteiger partial charge on any atom is -0.477 e. The molecule has 0 radical (unpaired) electrons. The SMILES string of the molecule is CCC/C=C\CCCCCCCC(=O)OC(COC(=O)CCCCCCCCCCCCCCCCCCCCCCCCCCCCCCC)COC(OCC[N+](C)(C)C)C(=O)O. The molecule has 9 nitrogen and oxygen atoms in total. The number of quaternary nitrogens is 1. The molecule has 378 valence electrons. The molecule has 0 saturated heterocycles. The Balaban J connectivity index is 4.01. The molecule has 1 N–H and O–H groups in total. The Labute approximate surface area is 395 Å². The molecule has 0 aromatic heterocycles. The number of allylic oxidation sites excluding steroid dienone is 2. The van der Waals surface area contributed by atoms with Crippen LogP contribution in [0.25, 0.3) is 0 Å². The van der Waals surface area contributed by atoms with Crippen LogP contribution in [0.5, 0.6) is 0 Å². The second kappa shape index (κ2) is 47.5. The van der Waals surface area contributed by atoms with Gasteiger partial charge in [0.15, 0.2) is 6.10 Å². The van der Waals surface area contributed by atoms with Gasteiger partial charge in [-0.2, -0.15) is 0 Å². The Morgan fingerprint density at radius 2 is 0.828 bits per heavy atom. The van der Waals surface area contributed by atoms with Crippen LogP contribution in [-0.2, 0) is 33.3 Å². The van der Waals surface area contributed by atoms with Crippen molar-refractivity contribution < 1.29 is 42.9 Å². The Morgan fingerprint density at radius 3 is 1.22 bits per heavy atom. The summed E-state index contributed by atoms with van der Waals surface area (Å²) in [6, 6.07) is 0. The van der Waals surface area contributed by atoms with Gasteiger partial charge in [-0.1, -0.05) is 231 Å². The zero-order valence-corrected chi connectivity index (χ0v) is 43.0. The van der Waals surface area contributed by atoms with Crippen LogP contribution in [0.4, 0.5) is 0 Å². The van der Waals surface area contributed by atoms with Gasteiger partial charge < -0.3 is 28.5 Å². The van der Waals surface area contributed by atoms with E-state index in [1.807, 2.05) is 21.1 Å². The third-order valence-corrected chi connectivity index (χ3v) is 12.3. The predicted molar refractivity (Wildman–Crippen MR) is 268 cm³/mol. The molecule has 0 bridgehead atoms. The van der Waals surface area contributed by atoms with Gasteiger partial charge in [-0.05, 0) is 32.1 Å². The van der Waals surface area contributed by atoms with E-state index in [1.54, 1.807) is 0 Å². The van der Waals surface area contributed by atoms with Crippen molar-refractivity contribution in [1.82, 2.24) is 0 Å². The highest BCUT2D eigenvalue weighted by Gasteiger charge is 2.25. The molecule has 9 heteroatoms. The molecule has 0 aliphatic heterocycles. The van der Waals surface area contributed by atoms with Crippen LogP contribution in [0, 0.1) is 0 Å². The first kappa shape index (κ1) is 62.0. The molecule has 0 heterocycles. The fourth-order valence-corrected chi connectivity index (χ4v) is 8.02. The van der Waals surface area contributed by atoms with Gasteiger partial charge in [-0.15, -0.1) is 0 Å². The van der Waals surface area contributed by atoms with Crippen LogP contribution < -0.4 is 0 Å². The normalized spacial score (nSPS) is 12.8. The number of aliphatic carboxylic acids is 1. The molecule has 0 aromatic carbocycles. The van der Waals surface area contributed by atoms with Crippen LogP contribution in [0.1, 0.15) is 264 Å². The fraction of sp³-hybridized carbons (Fsp3) is 0.909. The predicted octanol–water partition coefficient (Wildman–Crippen LogP) is 15.4. The van der Waals surface area contributed by atoms with E-state index in [9.17, 15) is 19.5 Å². The van der Waals surface area contributed by atoms with Crippen molar-refractivity contribution in [3.8, 4) is 0 Å². The maximum atomic E-state index is 12.7. The molecule has 0 aliphatic carbocycles. The minimum absolute atomic E-state index is 0.180. The number of likely N-dealkylation sites (N-methyl/N-ethyl adjacent to an activating group) is 1. The Hall–Kier alpha value is -1.97. The largest absolute Gasteiger partial charge is 0.477 e. The number of carbonyl (C=O) groups excluding carboxylic acids is 2. The van der Waals surface area contributed by atoms with E-state index in [0.29, 0.717) is 23.9 Å². The Morgan fingerprint density at radius 1 is 0.453 bits per heavy atom. The zero-order chi connectivity index (χ0) is 47.0. The average Bonchev–Trinajstić information content (AvgIpc) is 3.26. The number of hydrogen-bond donors (Lipinski definition) is 1. The van der Waals surface area contributed by atoms with E-state index in [4.69, 9.17) is 18.9 Å². The minimum atomic E-state index is -1.51. The van der Waals surface area contributed by atoms with Crippen molar-refractivity contribution in [2.75, 3.05) is 47.5 Å². The number of esters is 2. The average molecular weight is 909 g/mol. The summed E-state index contributed by atoms with van der Waals surface area (Å²) in [7, 11) is 5.96. The van der Waals surface area contributed by atoms with Gasteiger partial charge in [-0.3, -0.25) is 9.59 Å². The van der Waals surface area contributed by atoms with Crippen LogP contribution in [0.3, 0.4) is 0 Å². The van der Waals surface area contributed by atoms with Crippen molar-refractivity contribution in [3.63, 3.8) is 0 Å². The van der Waals surface area contributed by atoms with E-state index < -0.39 is 24.3 Å². The summed E-state index contributed by atoms with van der Waals surface area (Å²) in [5.74, 6) is -2.00. The maximum Gasteiger partial charge on any atom is 0.361 e. The molecular weight excluding hydrogens is 803 g/mol. The smallest absolute Gasteiger partial charge is 0.361 e. The molecule has 0 rings (SSSR count). The number of ether oxygens (including phenoxy) is 4. The standard InChI is InChI=1S/C55H105NO8/c1-6-8-10-12-14-16-18-19-20-21-22-23-24-25-26-27-28-29-30-31-32-33-34-35-36-38-39-41-43-45-52(57)62-49-51(50-63-55(54(59)60)61-48-47-56(3,4)5)64-53(58)46-44-42-40-37-17-15-13-11-9-7-2/h11,13,51,55H,6-10,12,14-50H2,1-5H3/p+1/b13-11-. The second-order valence-corrected chi connectivity index (χ2v) is 19.9. The molecule has 2 unspecified atom stereocenters. The monoisotopic (exact) mass is 909 g/mol. The van der Waals surface area contributed by atoms with E-state index in [0.717, 1.165) is 57.8 Å². The second-order valence-electron chi connectivity index (χ2n) is 19.9. The quantitative estimate of drug-likeness (QED) is 0.0211. The lowest BCUT2D eigenvalue weighted by Gasteiger charge is -2.25. The fourth-order valence-electron chi connectivity index (χ4n) is 8.02. The molecule has 0 saturated carbocycles. The summed E-state index contributed by atoms with van der Waals surface area (Å²) in [6.45, 7) is 4.84. The summed E-state index contributed by atoms with van der Waals surface area (Å²) < 4.78 is 22.8. The van der Waals surface area contributed by atoms with Gasteiger partial charge >= 0.3 is 17.9 Å². The Bertz CT molecular complexity index is 1060. The number of carbonyl (C=O) groups is 3. The van der Waals surface area contributed by atoms with Crippen molar-refractivity contribution in [3.05, 3.63) is 12.2 Å². The summed E-state index contributed by atoms with van der Waals surface area (Å²) >= 11 is 0. The third-order valence-electron chi connectivity index (χ3n) is 12.3. The van der Waals surface area contributed by atoms with Crippen molar-refractivity contribution in [2.24, 2.45) is 0 Å². The summed E-state index contributed by atoms with van der Waals surface area (Å²) in [4.78, 5) is 37.2. The van der Waals surface area contributed by atoms with Crippen LogP contribution in [-0.4, -0.2) is 87.4 Å². The van der Waals surface area contributed by atoms with Crippen LogP contribution in [0.2, 0.25) is 0 Å². The summed E-state index contributed by atoms with van der Waals surface area (Å²) in [5, 5.41) is 9.64. The van der Waals surface area contributed by atoms with Gasteiger partial charge in [0, 0.05) is 12.8 Å².